The molecule has 1 aliphatic heterocycles. The third-order valence-corrected chi connectivity index (χ3v) is 2.55. The molecule has 1 atom stereocenters. The molecule has 1 amide bonds. The van der Waals surface area contributed by atoms with E-state index in [9.17, 15) is 4.79 Å². The highest BCUT2D eigenvalue weighted by Gasteiger charge is 2.19. The van der Waals surface area contributed by atoms with Gasteiger partial charge in [0.2, 0.25) is 5.91 Å². The second-order valence-electron chi connectivity index (χ2n) is 3.96. The largest absolute Gasteiger partial charge is 0.382 e. The molecule has 3 N–H and O–H groups in total. The number of amides is 1. The van der Waals surface area contributed by atoms with Gasteiger partial charge in [-0.3, -0.25) is 4.79 Å². The van der Waals surface area contributed by atoms with Crippen molar-refractivity contribution in [3.8, 4) is 0 Å². The van der Waals surface area contributed by atoms with Crippen LogP contribution >= 0.6 is 0 Å². The Morgan fingerprint density at radius 2 is 2.24 bits per heavy atom. The van der Waals surface area contributed by atoms with Crippen LogP contribution in [0.4, 0.5) is 0 Å². The van der Waals surface area contributed by atoms with Gasteiger partial charge in [0.15, 0.2) is 0 Å². The van der Waals surface area contributed by atoms with E-state index in [-0.39, 0.29) is 11.9 Å². The molecule has 6 heteroatoms. The summed E-state index contributed by atoms with van der Waals surface area (Å²) in [5.41, 5.74) is 0. The van der Waals surface area contributed by atoms with E-state index in [1.165, 1.54) is 0 Å². The van der Waals surface area contributed by atoms with E-state index in [2.05, 4.69) is 16.0 Å². The fourth-order valence-corrected chi connectivity index (χ4v) is 1.59. The first-order valence-corrected chi connectivity index (χ1v) is 6.13. The van der Waals surface area contributed by atoms with Gasteiger partial charge >= 0.3 is 0 Å². The van der Waals surface area contributed by atoms with Crippen LogP contribution in [0.25, 0.3) is 0 Å². The van der Waals surface area contributed by atoms with Crippen molar-refractivity contribution in [1.29, 1.82) is 0 Å². The number of nitrogens with one attached hydrogen (secondary N) is 3. The Balaban J connectivity index is 1.92. The first-order valence-electron chi connectivity index (χ1n) is 6.13. The van der Waals surface area contributed by atoms with Crippen molar-refractivity contribution in [2.75, 3.05) is 53.1 Å². The number of carbonyl (C=O) groups excluding carboxylic acids is 1. The van der Waals surface area contributed by atoms with Crippen molar-refractivity contribution in [3.05, 3.63) is 0 Å². The van der Waals surface area contributed by atoms with Gasteiger partial charge in [-0.1, -0.05) is 0 Å². The zero-order chi connectivity index (χ0) is 12.3. The topological polar surface area (TPSA) is 71.6 Å². The molecule has 0 saturated carbocycles. The molecule has 0 spiro atoms. The number of methoxy groups -OCH3 is 1. The van der Waals surface area contributed by atoms with Crippen LogP contribution in [0.1, 0.15) is 6.42 Å². The number of ether oxygens (including phenoxy) is 2. The number of piperazine rings is 1. The highest BCUT2D eigenvalue weighted by molar-refractivity contribution is 5.82. The van der Waals surface area contributed by atoms with Gasteiger partial charge in [-0.05, 0) is 6.42 Å². The molecule has 0 aromatic rings. The van der Waals surface area contributed by atoms with E-state index in [1.807, 2.05) is 0 Å². The zero-order valence-electron chi connectivity index (χ0n) is 10.5. The van der Waals surface area contributed by atoms with Crippen LogP contribution < -0.4 is 16.0 Å². The lowest BCUT2D eigenvalue weighted by Crippen LogP contribution is -2.55. The minimum atomic E-state index is -0.0989. The Morgan fingerprint density at radius 3 is 2.94 bits per heavy atom. The lowest BCUT2D eigenvalue weighted by atomic mass is 10.2. The minimum absolute atomic E-state index is 0.0640. The normalized spacial score (nSPS) is 20.2. The first kappa shape index (κ1) is 14.4. The van der Waals surface area contributed by atoms with E-state index in [0.29, 0.717) is 32.9 Å². The monoisotopic (exact) mass is 245 g/mol. The van der Waals surface area contributed by atoms with Crippen LogP contribution in [0.3, 0.4) is 0 Å². The molecule has 0 radical (unpaired) electrons. The molecule has 1 rings (SSSR count). The molecule has 1 saturated heterocycles. The Kier molecular flexibility index (Phi) is 7.91. The number of hydrogen-bond donors (Lipinski definition) is 3. The maximum absolute atomic E-state index is 11.7. The zero-order valence-corrected chi connectivity index (χ0v) is 10.5. The van der Waals surface area contributed by atoms with E-state index >= 15 is 0 Å². The number of carbonyl (C=O) groups is 1. The van der Waals surface area contributed by atoms with Gasteiger partial charge < -0.3 is 25.4 Å². The van der Waals surface area contributed by atoms with Gasteiger partial charge in [0.05, 0.1) is 19.3 Å². The summed E-state index contributed by atoms with van der Waals surface area (Å²) in [5, 5.41) is 9.23. The molecule has 1 unspecified atom stereocenters. The standard InChI is InChI=1S/C11H23N3O3/c1-16-7-8-17-6-2-3-14-11(15)10-9-12-4-5-13-10/h10,12-13H,2-9H2,1H3,(H,14,15). The van der Waals surface area contributed by atoms with Crippen LogP contribution in [0.5, 0.6) is 0 Å². The molecule has 1 aliphatic rings. The second kappa shape index (κ2) is 9.35. The lowest BCUT2D eigenvalue weighted by Gasteiger charge is -2.23. The highest BCUT2D eigenvalue weighted by atomic mass is 16.5. The average Bonchev–Trinajstić information content (AvgIpc) is 2.38. The predicted octanol–water partition coefficient (Wildman–Crippen LogP) is -1.28. The fraction of sp³-hybridized carbons (Fsp3) is 0.909. The highest BCUT2D eigenvalue weighted by Crippen LogP contribution is 1.88. The number of hydrogen-bond acceptors (Lipinski definition) is 5. The van der Waals surface area contributed by atoms with Crippen molar-refractivity contribution in [2.24, 2.45) is 0 Å². The Labute approximate surface area is 102 Å². The quantitative estimate of drug-likeness (QED) is 0.465. The molecular formula is C11H23N3O3. The van der Waals surface area contributed by atoms with E-state index in [4.69, 9.17) is 9.47 Å². The predicted molar refractivity (Wildman–Crippen MR) is 65.0 cm³/mol. The second-order valence-corrected chi connectivity index (χ2v) is 3.96. The van der Waals surface area contributed by atoms with E-state index < -0.39 is 0 Å². The Morgan fingerprint density at radius 1 is 1.35 bits per heavy atom. The Hall–Kier alpha value is -0.690. The third-order valence-electron chi connectivity index (χ3n) is 2.55. The first-order chi connectivity index (χ1) is 8.34. The lowest BCUT2D eigenvalue weighted by molar-refractivity contribution is -0.123. The van der Waals surface area contributed by atoms with Crippen molar-refractivity contribution in [2.45, 2.75) is 12.5 Å². The summed E-state index contributed by atoms with van der Waals surface area (Å²) >= 11 is 0. The average molecular weight is 245 g/mol. The third kappa shape index (κ3) is 6.58. The maximum Gasteiger partial charge on any atom is 0.238 e. The summed E-state index contributed by atoms with van der Waals surface area (Å²) in [6.45, 7) is 5.01. The van der Waals surface area contributed by atoms with Crippen LogP contribution in [0.2, 0.25) is 0 Å². The van der Waals surface area contributed by atoms with Crippen molar-refractivity contribution in [3.63, 3.8) is 0 Å². The van der Waals surface area contributed by atoms with Crippen LogP contribution in [0, 0.1) is 0 Å². The molecule has 1 fully saturated rings. The molecule has 0 aliphatic carbocycles. The summed E-state index contributed by atoms with van der Waals surface area (Å²) < 4.78 is 10.2. The van der Waals surface area contributed by atoms with Gasteiger partial charge in [0.25, 0.3) is 0 Å². The summed E-state index contributed by atoms with van der Waals surface area (Å²) in [6.07, 6.45) is 0.829. The van der Waals surface area contributed by atoms with Gasteiger partial charge in [0, 0.05) is 39.9 Å². The summed E-state index contributed by atoms with van der Waals surface area (Å²) in [5.74, 6) is 0.0640. The van der Waals surface area contributed by atoms with Crippen LogP contribution in [-0.2, 0) is 14.3 Å². The minimum Gasteiger partial charge on any atom is -0.382 e. The van der Waals surface area contributed by atoms with Crippen molar-refractivity contribution >= 4 is 5.91 Å². The van der Waals surface area contributed by atoms with Gasteiger partial charge in [-0.15, -0.1) is 0 Å². The summed E-state index contributed by atoms with van der Waals surface area (Å²) in [4.78, 5) is 11.7. The molecular weight excluding hydrogens is 222 g/mol. The molecule has 1 heterocycles. The summed E-state index contributed by atoms with van der Waals surface area (Å²) in [7, 11) is 1.65. The van der Waals surface area contributed by atoms with E-state index in [1.54, 1.807) is 7.11 Å². The van der Waals surface area contributed by atoms with Crippen molar-refractivity contribution in [1.82, 2.24) is 16.0 Å². The SMILES string of the molecule is COCCOCCCNC(=O)C1CNCCN1. The molecule has 17 heavy (non-hydrogen) atoms. The molecule has 0 bridgehead atoms. The maximum atomic E-state index is 11.7. The van der Waals surface area contributed by atoms with Gasteiger partial charge in [0.1, 0.15) is 0 Å². The van der Waals surface area contributed by atoms with Crippen LogP contribution in [-0.4, -0.2) is 65.1 Å². The number of rotatable bonds is 8. The van der Waals surface area contributed by atoms with Gasteiger partial charge in [-0.25, -0.2) is 0 Å². The Bertz CT molecular complexity index is 208. The van der Waals surface area contributed by atoms with Crippen molar-refractivity contribution < 1.29 is 14.3 Å². The smallest absolute Gasteiger partial charge is 0.238 e. The molecule has 0 aromatic carbocycles. The summed E-state index contributed by atoms with van der Waals surface area (Å²) in [6, 6.07) is -0.0989. The molecule has 6 nitrogen and oxygen atoms in total. The molecule has 0 aromatic heterocycles. The van der Waals surface area contributed by atoms with E-state index in [0.717, 1.165) is 19.5 Å². The van der Waals surface area contributed by atoms with Crippen LogP contribution in [0.15, 0.2) is 0 Å². The molecule has 100 valence electrons. The fourth-order valence-electron chi connectivity index (χ4n) is 1.59. The van der Waals surface area contributed by atoms with Gasteiger partial charge in [-0.2, -0.15) is 0 Å².